The van der Waals surface area contributed by atoms with Crippen molar-refractivity contribution in [2.45, 2.75) is 18.9 Å². The van der Waals surface area contributed by atoms with Crippen LogP contribution < -0.4 is 0 Å². The summed E-state index contributed by atoms with van der Waals surface area (Å²) in [7, 11) is 0. The molecule has 1 unspecified atom stereocenters. The number of ether oxygens (including phenoxy) is 1. The van der Waals surface area contributed by atoms with Crippen molar-refractivity contribution in [1.29, 1.82) is 0 Å². The second-order valence-electron chi connectivity index (χ2n) is 4.76. The van der Waals surface area contributed by atoms with Gasteiger partial charge >= 0.3 is 0 Å². The number of hydrogen-bond acceptors (Lipinski definition) is 3. The molecule has 1 aliphatic heterocycles. The first kappa shape index (κ1) is 14.4. The number of rotatable bonds is 4. The smallest absolute Gasteiger partial charge is 0.164 e. The van der Waals surface area contributed by atoms with Crippen molar-refractivity contribution in [3.63, 3.8) is 0 Å². The summed E-state index contributed by atoms with van der Waals surface area (Å²) in [5, 5.41) is 9.96. The highest BCUT2D eigenvalue weighted by Crippen LogP contribution is 2.22. The van der Waals surface area contributed by atoms with Crippen LogP contribution in [0.1, 0.15) is 24.5 Å². The number of aliphatic hydroxyl groups excluding tert-OH is 1. The van der Waals surface area contributed by atoms with Gasteiger partial charge in [-0.2, -0.15) is 0 Å². The Morgan fingerprint density at radius 1 is 1.26 bits per heavy atom. The minimum absolute atomic E-state index is 0.0334. The fraction of sp³-hybridized carbons (Fsp3) is 0.571. The molecule has 3 nitrogen and oxygen atoms in total. The lowest BCUT2D eigenvalue weighted by Gasteiger charge is -2.21. The van der Waals surface area contributed by atoms with Gasteiger partial charge in [0.2, 0.25) is 0 Å². The Morgan fingerprint density at radius 3 is 2.95 bits per heavy atom. The van der Waals surface area contributed by atoms with Gasteiger partial charge < -0.3 is 14.7 Å². The van der Waals surface area contributed by atoms with E-state index in [0.29, 0.717) is 19.6 Å². The van der Waals surface area contributed by atoms with Gasteiger partial charge in [-0.3, -0.25) is 0 Å². The number of halogens is 2. The first-order chi connectivity index (χ1) is 9.18. The average molecular weight is 271 g/mol. The summed E-state index contributed by atoms with van der Waals surface area (Å²) >= 11 is 0. The number of aliphatic hydroxyl groups is 1. The molecule has 0 aromatic heterocycles. The molecule has 1 aliphatic rings. The van der Waals surface area contributed by atoms with Crippen LogP contribution in [0.5, 0.6) is 0 Å². The molecule has 1 heterocycles. The Balaban J connectivity index is 1.89. The van der Waals surface area contributed by atoms with Crippen LogP contribution >= 0.6 is 0 Å². The van der Waals surface area contributed by atoms with E-state index in [0.717, 1.165) is 32.2 Å². The summed E-state index contributed by atoms with van der Waals surface area (Å²) in [6, 6.07) is 3.89. The van der Waals surface area contributed by atoms with Crippen LogP contribution in [-0.2, 0) is 4.74 Å². The second kappa shape index (κ2) is 6.93. The molecule has 19 heavy (non-hydrogen) atoms. The summed E-state index contributed by atoms with van der Waals surface area (Å²) in [4.78, 5) is 2.17. The third-order valence-corrected chi connectivity index (χ3v) is 3.37. The van der Waals surface area contributed by atoms with E-state index in [4.69, 9.17) is 4.74 Å². The lowest BCUT2D eigenvalue weighted by molar-refractivity contribution is 0.124. The van der Waals surface area contributed by atoms with Crippen molar-refractivity contribution < 1.29 is 18.6 Å². The highest BCUT2D eigenvalue weighted by Gasteiger charge is 2.17. The Kier molecular flexibility index (Phi) is 5.24. The van der Waals surface area contributed by atoms with E-state index in [2.05, 4.69) is 4.90 Å². The van der Waals surface area contributed by atoms with Gasteiger partial charge in [0.25, 0.3) is 0 Å². The van der Waals surface area contributed by atoms with Gasteiger partial charge in [0.15, 0.2) is 11.6 Å². The predicted molar refractivity (Wildman–Crippen MR) is 67.8 cm³/mol. The lowest BCUT2D eigenvalue weighted by Crippen LogP contribution is -2.28. The molecule has 0 radical (unpaired) electrons. The Hall–Kier alpha value is -1.04. The molecule has 1 fully saturated rings. The Labute approximate surface area is 111 Å². The number of hydrogen-bond donors (Lipinski definition) is 1. The van der Waals surface area contributed by atoms with Gasteiger partial charge in [-0.05, 0) is 18.9 Å². The van der Waals surface area contributed by atoms with Gasteiger partial charge in [0.1, 0.15) is 0 Å². The molecule has 0 bridgehead atoms. The molecular weight excluding hydrogens is 252 g/mol. The van der Waals surface area contributed by atoms with Crippen molar-refractivity contribution in [3.8, 4) is 0 Å². The molecule has 1 saturated heterocycles. The average Bonchev–Trinajstić information content (AvgIpc) is 2.68. The number of nitrogens with zero attached hydrogens (tertiary/aromatic N) is 1. The molecule has 2 rings (SSSR count). The molecule has 0 aliphatic carbocycles. The quantitative estimate of drug-likeness (QED) is 0.910. The van der Waals surface area contributed by atoms with Crippen LogP contribution in [0.25, 0.3) is 0 Å². The summed E-state index contributed by atoms with van der Waals surface area (Å²) in [5.74, 6) is -1.87. The number of benzene rings is 1. The molecular formula is C14H19F2NO2. The van der Waals surface area contributed by atoms with E-state index < -0.39 is 17.7 Å². The summed E-state index contributed by atoms with van der Waals surface area (Å²) in [6.07, 6.45) is 0.380. The van der Waals surface area contributed by atoms with Crippen LogP contribution in [0.2, 0.25) is 0 Å². The van der Waals surface area contributed by atoms with Gasteiger partial charge in [0, 0.05) is 31.8 Å². The van der Waals surface area contributed by atoms with Crippen LogP contribution in [0, 0.1) is 11.6 Å². The van der Waals surface area contributed by atoms with Crippen molar-refractivity contribution in [3.05, 3.63) is 35.4 Å². The Morgan fingerprint density at radius 2 is 2.11 bits per heavy atom. The highest BCUT2D eigenvalue weighted by molar-refractivity contribution is 5.21. The molecule has 0 amide bonds. The van der Waals surface area contributed by atoms with Gasteiger partial charge in [-0.25, -0.2) is 8.78 Å². The van der Waals surface area contributed by atoms with E-state index in [9.17, 15) is 13.9 Å². The van der Waals surface area contributed by atoms with Crippen LogP contribution in [0.4, 0.5) is 8.78 Å². The monoisotopic (exact) mass is 271 g/mol. The zero-order chi connectivity index (χ0) is 13.7. The first-order valence-corrected chi connectivity index (χ1v) is 6.60. The summed E-state index contributed by atoms with van der Waals surface area (Å²) in [5.41, 5.74) is 0.0334. The molecule has 1 atom stereocenters. The van der Waals surface area contributed by atoms with Gasteiger partial charge in [0.05, 0.1) is 12.7 Å². The molecule has 0 saturated carbocycles. The van der Waals surface area contributed by atoms with Crippen molar-refractivity contribution >= 4 is 0 Å². The van der Waals surface area contributed by atoms with E-state index in [1.807, 2.05) is 0 Å². The maximum Gasteiger partial charge on any atom is 0.164 e. The van der Waals surface area contributed by atoms with E-state index in [-0.39, 0.29) is 5.56 Å². The van der Waals surface area contributed by atoms with Crippen molar-refractivity contribution in [2.75, 3.05) is 32.8 Å². The SMILES string of the molecule is OC(CCN1CCCOCC1)c1cccc(F)c1F. The third-order valence-electron chi connectivity index (χ3n) is 3.37. The lowest BCUT2D eigenvalue weighted by atomic mass is 10.1. The normalized spacial score (nSPS) is 19.1. The molecule has 1 N–H and O–H groups in total. The summed E-state index contributed by atoms with van der Waals surface area (Å²) in [6.45, 7) is 3.83. The predicted octanol–water partition coefficient (Wildman–Crippen LogP) is 2.11. The highest BCUT2D eigenvalue weighted by atomic mass is 19.2. The fourth-order valence-electron chi connectivity index (χ4n) is 2.26. The standard InChI is InChI=1S/C14H19F2NO2/c15-12-4-1-3-11(14(12)16)13(18)5-7-17-6-2-9-19-10-8-17/h1,3-4,13,18H,2,5-10H2. The van der Waals surface area contributed by atoms with Crippen molar-refractivity contribution in [1.82, 2.24) is 4.90 Å². The largest absolute Gasteiger partial charge is 0.388 e. The molecule has 0 spiro atoms. The minimum Gasteiger partial charge on any atom is -0.388 e. The van der Waals surface area contributed by atoms with Gasteiger partial charge in [-0.1, -0.05) is 12.1 Å². The molecule has 106 valence electrons. The zero-order valence-electron chi connectivity index (χ0n) is 10.8. The molecule has 1 aromatic rings. The maximum absolute atomic E-state index is 13.5. The third kappa shape index (κ3) is 3.96. The summed E-state index contributed by atoms with van der Waals surface area (Å²) < 4.78 is 31.9. The maximum atomic E-state index is 13.5. The van der Waals surface area contributed by atoms with Gasteiger partial charge in [-0.15, -0.1) is 0 Å². The topological polar surface area (TPSA) is 32.7 Å². The van der Waals surface area contributed by atoms with Crippen LogP contribution in [-0.4, -0.2) is 42.9 Å². The van der Waals surface area contributed by atoms with Crippen LogP contribution in [0.3, 0.4) is 0 Å². The van der Waals surface area contributed by atoms with E-state index >= 15 is 0 Å². The fourth-order valence-corrected chi connectivity index (χ4v) is 2.26. The van der Waals surface area contributed by atoms with Crippen LogP contribution in [0.15, 0.2) is 18.2 Å². The van der Waals surface area contributed by atoms with E-state index in [1.165, 1.54) is 12.1 Å². The van der Waals surface area contributed by atoms with E-state index in [1.54, 1.807) is 0 Å². The van der Waals surface area contributed by atoms with Crippen molar-refractivity contribution in [2.24, 2.45) is 0 Å². The molecule has 5 heteroatoms. The second-order valence-corrected chi connectivity index (χ2v) is 4.76. The first-order valence-electron chi connectivity index (χ1n) is 6.60. The minimum atomic E-state index is -0.972. The Bertz CT molecular complexity index is 406. The zero-order valence-corrected chi connectivity index (χ0v) is 10.8. The molecule has 1 aromatic carbocycles.